The van der Waals surface area contributed by atoms with E-state index in [1.165, 1.54) is 44.3 Å². The van der Waals surface area contributed by atoms with Gasteiger partial charge in [-0.25, -0.2) is 0 Å². The van der Waals surface area contributed by atoms with Gasteiger partial charge in [-0.1, -0.05) is 57.0 Å². The summed E-state index contributed by atoms with van der Waals surface area (Å²) < 4.78 is 0. The predicted octanol–water partition coefficient (Wildman–Crippen LogP) is 3.91. The molecule has 1 aliphatic rings. The molecule has 20 heavy (non-hydrogen) atoms. The van der Waals surface area contributed by atoms with E-state index in [2.05, 4.69) is 49.1 Å². The molecule has 0 aromatic heterocycles. The zero-order valence-corrected chi connectivity index (χ0v) is 13.1. The van der Waals surface area contributed by atoms with Gasteiger partial charge in [-0.15, -0.1) is 0 Å². The minimum Gasteiger partial charge on any atom is -0.320 e. The first-order chi connectivity index (χ1) is 9.72. The molecule has 1 saturated heterocycles. The lowest BCUT2D eigenvalue weighted by atomic mass is 9.77. The summed E-state index contributed by atoms with van der Waals surface area (Å²) in [5.74, 6) is 0. The van der Waals surface area contributed by atoms with Crippen LogP contribution in [0.2, 0.25) is 0 Å². The quantitative estimate of drug-likeness (QED) is 0.817. The summed E-state index contributed by atoms with van der Waals surface area (Å²) >= 11 is 0. The molecule has 112 valence electrons. The maximum atomic E-state index is 7.00. The third kappa shape index (κ3) is 3.24. The van der Waals surface area contributed by atoms with Crippen LogP contribution in [0.25, 0.3) is 0 Å². The number of nitrogens with two attached hydrogens (primary N) is 1. The van der Waals surface area contributed by atoms with Crippen LogP contribution in [0, 0.1) is 0 Å². The molecule has 0 amide bonds. The molecular weight excluding hydrogens is 244 g/mol. The van der Waals surface area contributed by atoms with Gasteiger partial charge in [-0.2, -0.15) is 0 Å². The fourth-order valence-electron chi connectivity index (χ4n) is 3.76. The molecule has 0 radical (unpaired) electrons. The second-order valence-corrected chi connectivity index (χ2v) is 6.20. The Hall–Kier alpha value is -0.860. The molecule has 0 saturated carbocycles. The normalized spacial score (nSPS) is 20.8. The molecule has 1 aromatic rings. The van der Waals surface area contributed by atoms with Crippen molar-refractivity contribution >= 4 is 0 Å². The van der Waals surface area contributed by atoms with Crippen LogP contribution in [0.1, 0.15) is 57.9 Å². The van der Waals surface area contributed by atoms with E-state index < -0.39 is 0 Å². The van der Waals surface area contributed by atoms with Crippen molar-refractivity contribution in [2.24, 2.45) is 5.73 Å². The van der Waals surface area contributed by atoms with Crippen molar-refractivity contribution < 1.29 is 0 Å². The van der Waals surface area contributed by atoms with Gasteiger partial charge in [0.15, 0.2) is 0 Å². The van der Waals surface area contributed by atoms with Gasteiger partial charge >= 0.3 is 0 Å². The summed E-state index contributed by atoms with van der Waals surface area (Å²) in [7, 11) is 0. The van der Waals surface area contributed by atoms with Crippen LogP contribution >= 0.6 is 0 Å². The lowest BCUT2D eigenvalue weighted by Crippen LogP contribution is -2.55. The Kier molecular flexibility index (Phi) is 5.62. The van der Waals surface area contributed by atoms with Crippen molar-refractivity contribution in [1.29, 1.82) is 0 Å². The maximum absolute atomic E-state index is 7.00. The lowest BCUT2D eigenvalue weighted by Gasteiger charge is -2.43. The number of nitrogens with zero attached hydrogens (tertiary/aromatic N) is 1. The van der Waals surface area contributed by atoms with Gasteiger partial charge in [0.05, 0.1) is 5.54 Å². The molecule has 2 nitrogen and oxygen atoms in total. The SMILES string of the molecule is CCCC(N1CCCC1)C(N)(CCC)c1ccccc1. The second-order valence-electron chi connectivity index (χ2n) is 6.20. The Morgan fingerprint density at radius 3 is 2.30 bits per heavy atom. The number of hydrogen-bond acceptors (Lipinski definition) is 2. The molecular formula is C18H30N2. The second kappa shape index (κ2) is 7.24. The Morgan fingerprint density at radius 1 is 1.10 bits per heavy atom. The standard InChI is InChI=1S/C18H30N2/c1-3-10-17(20-14-8-9-15-20)18(19,13-4-2)16-11-6-5-7-12-16/h5-7,11-12,17H,3-4,8-10,13-15,19H2,1-2H3. The molecule has 0 bridgehead atoms. The molecule has 1 heterocycles. The van der Waals surface area contributed by atoms with Gasteiger partial charge in [-0.3, -0.25) is 4.90 Å². The predicted molar refractivity (Wildman–Crippen MR) is 86.7 cm³/mol. The van der Waals surface area contributed by atoms with Crippen LogP contribution in [-0.2, 0) is 5.54 Å². The molecule has 1 fully saturated rings. The zero-order valence-electron chi connectivity index (χ0n) is 13.1. The topological polar surface area (TPSA) is 29.3 Å². The summed E-state index contributed by atoms with van der Waals surface area (Å²) in [4.78, 5) is 2.64. The zero-order chi connectivity index (χ0) is 14.4. The van der Waals surface area contributed by atoms with Crippen LogP contribution in [0.4, 0.5) is 0 Å². The number of likely N-dealkylation sites (tertiary alicyclic amines) is 1. The van der Waals surface area contributed by atoms with Crippen molar-refractivity contribution in [3.8, 4) is 0 Å². The van der Waals surface area contributed by atoms with Crippen molar-refractivity contribution in [1.82, 2.24) is 4.90 Å². The van der Waals surface area contributed by atoms with Gasteiger partial charge in [0, 0.05) is 6.04 Å². The van der Waals surface area contributed by atoms with Crippen LogP contribution < -0.4 is 5.73 Å². The van der Waals surface area contributed by atoms with E-state index in [9.17, 15) is 0 Å². The summed E-state index contributed by atoms with van der Waals surface area (Å²) in [6.45, 7) is 6.97. The fraction of sp³-hybridized carbons (Fsp3) is 0.667. The first kappa shape index (κ1) is 15.5. The van der Waals surface area contributed by atoms with Gasteiger partial charge < -0.3 is 5.73 Å². The summed E-state index contributed by atoms with van der Waals surface area (Å²) in [5, 5.41) is 0. The lowest BCUT2D eigenvalue weighted by molar-refractivity contribution is 0.126. The Labute approximate surface area is 124 Å². The Bertz CT molecular complexity index is 384. The third-order valence-corrected chi connectivity index (χ3v) is 4.71. The highest BCUT2D eigenvalue weighted by atomic mass is 15.2. The summed E-state index contributed by atoms with van der Waals surface area (Å²) in [6.07, 6.45) is 7.27. The van der Waals surface area contributed by atoms with E-state index in [1.807, 2.05) is 0 Å². The number of benzene rings is 1. The molecule has 1 aliphatic heterocycles. The van der Waals surface area contributed by atoms with E-state index in [0.717, 1.165) is 12.8 Å². The average Bonchev–Trinajstić information content (AvgIpc) is 2.99. The van der Waals surface area contributed by atoms with Crippen LogP contribution in [0.3, 0.4) is 0 Å². The Balaban J connectivity index is 2.31. The largest absolute Gasteiger partial charge is 0.320 e. The highest BCUT2D eigenvalue weighted by Crippen LogP contribution is 2.34. The molecule has 0 spiro atoms. The van der Waals surface area contributed by atoms with Gasteiger partial charge in [0.25, 0.3) is 0 Å². The average molecular weight is 274 g/mol. The minimum absolute atomic E-state index is 0.198. The van der Waals surface area contributed by atoms with Crippen LogP contribution in [0.5, 0.6) is 0 Å². The van der Waals surface area contributed by atoms with Crippen molar-refractivity contribution in [2.75, 3.05) is 13.1 Å². The first-order valence-corrected chi connectivity index (χ1v) is 8.30. The van der Waals surface area contributed by atoms with E-state index in [-0.39, 0.29) is 5.54 Å². The van der Waals surface area contributed by atoms with Crippen molar-refractivity contribution in [3.63, 3.8) is 0 Å². The monoisotopic (exact) mass is 274 g/mol. The van der Waals surface area contributed by atoms with Crippen molar-refractivity contribution in [3.05, 3.63) is 35.9 Å². The maximum Gasteiger partial charge on any atom is 0.0567 e. The highest BCUT2D eigenvalue weighted by Gasteiger charge is 2.39. The van der Waals surface area contributed by atoms with E-state index in [0.29, 0.717) is 6.04 Å². The molecule has 0 aliphatic carbocycles. The van der Waals surface area contributed by atoms with Crippen LogP contribution in [0.15, 0.2) is 30.3 Å². The molecule has 2 N–H and O–H groups in total. The third-order valence-electron chi connectivity index (χ3n) is 4.71. The minimum atomic E-state index is -0.198. The van der Waals surface area contributed by atoms with Gasteiger partial charge in [0.1, 0.15) is 0 Å². The Morgan fingerprint density at radius 2 is 1.75 bits per heavy atom. The number of hydrogen-bond donors (Lipinski definition) is 1. The molecule has 2 unspecified atom stereocenters. The number of rotatable bonds is 7. The van der Waals surface area contributed by atoms with E-state index in [1.54, 1.807) is 0 Å². The van der Waals surface area contributed by atoms with E-state index in [4.69, 9.17) is 5.73 Å². The molecule has 1 aromatic carbocycles. The first-order valence-electron chi connectivity index (χ1n) is 8.30. The van der Waals surface area contributed by atoms with Gasteiger partial charge in [-0.05, 0) is 44.3 Å². The van der Waals surface area contributed by atoms with Crippen LogP contribution in [-0.4, -0.2) is 24.0 Å². The van der Waals surface area contributed by atoms with E-state index >= 15 is 0 Å². The van der Waals surface area contributed by atoms with Crippen molar-refractivity contribution in [2.45, 2.75) is 64.0 Å². The molecule has 2 heteroatoms. The molecule has 2 atom stereocenters. The fourth-order valence-corrected chi connectivity index (χ4v) is 3.76. The summed E-state index contributed by atoms with van der Waals surface area (Å²) in [5.41, 5.74) is 8.11. The highest BCUT2D eigenvalue weighted by molar-refractivity contribution is 5.26. The van der Waals surface area contributed by atoms with Gasteiger partial charge in [0.2, 0.25) is 0 Å². The molecule has 2 rings (SSSR count). The summed E-state index contributed by atoms with van der Waals surface area (Å²) in [6, 6.07) is 11.3. The smallest absolute Gasteiger partial charge is 0.0567 e.